The van der Waals surface area contributed by atoms with E-state index in [1.54, 1.807) is 0 Å². The lowest BCUT2D eigenvalue weighted by Gasteiger charge is -2.48. The molecular weight excluding hydrogens is 1240 g/mol. The van der Waals surface area contributed by atoms with Crippen molar-refractivity contribution in [2.24, 2.45) is 0 Å². The Labute approximate surface area is 608 Å². The first-order valence-corrected chi connectivity index (χ1v) is 37.3. The third-order valence-electron chi connectivity index (χ3n) is 23.6. The average Bonchev–Trinajstić information content (AvgIpc) is 0.734. The summed E-state index contributed by atoms with van der Waals surface area (Å²) in [6.07, 6.45) is 4.49. The number of nitrogens with zero attached hydrogens (tertiary/aromatic N) is 4. The molecule has 0 saturated carbocycles. The van der Waals surface area contributed by atoms with Crippen LogP contribution >= 0.6 is 0 Å². The van der Waals surface area contributed by atoms with E-state index >= 15 is 0 Å². The first-order chi connectivity index (χ1) is 48.4. The molecule has 0 radical (unpaired) electrons. The Bertz CT molecular complexity index is 5140. The topological polar surface area (TPSA) is 26.1 Å². The standard InChI is InChI=1S/C96H99BN4O/c1-90(2,3)65-34-41-70(42-35-65)99(71-43-36-66(37-44-71)91(4,5)6)74-58-85-89-86(59-74)101(82-49-38-67(92(7,8)9)55-75(82)62-26-20-18-21-27-62)83-57-73(98(68-29-22-19-23-30-68)69-39-32-63(33-40-69)88-54-64-28-24-25-31-87(64)102-88)46-48-80(83)97(89)81-60-78-79(96(16,17)53-52-95(78,14)15)61-84(81)100(85)72-45-47-76-77(56-72)94(12,13)51-50-93(76,10)11/h18-49,54-61H,50-53H2,1-17H3. The lowest BCUT2D eigenvalue weighted by Crippen LogP contribution is -2.62. The smallest absolute Gasteiger partial charge is 0.252 e. The van der Waals surface area contributed by atoms with E-state index < -0.39 is 0 Å². The van der Waals surface area contributed by atoms with Gasteiger partial charge in [0.2, 0.25) is 0 Å². The van der Waals surface area contributed by atoms with Gasteiger partial charge >= 0.3 is 0 Å². The van der Waals surface area contributed by atoms with Crippen LogP contribution in [0.1, 0.15) is 182 Å². The molecule has 0 amide bonds. The molecule has 512 valence electrons. The summed E-state index contributed by atoms with van der Waals surface area (Å²) in [6, 6.07) is 93.3. The van der Waals surface area contributed by atoms with Crippen molar-refractivity contribution in [1.82, 2.24) is 0 Å². The third-order valence-corrected chi connectivity index (χ3v) is 23.6. The lowest BCUT2D eigenvalue weighted by atomic mass is 9.33. The molecule has 4 aliphatic rings. The van der Waals surface area contributed by atoms with Crippen molar-refractivity contribution >= 4 is 102 Å². The molecule has 0 bridgehead atoms. The minimum atomic E-state index is -0.178. The Balaban J connectivity index is 1.04. The number of furan rings is 1. The number of fused-ring (bicyclic) bond motifs is 7. The molecule has 6 heteroatoms. The van der Waals surface area contributed by atoms with Gasteiger partial charge in [0.1, 0.15) is 11.3 Å². The average molecular weight is 1340 g/mol. The summed E-state index contributed by atoms with van der Waals surface area (Å²) in [5.41, 5.74) is 31.0. The maximum absolute atomic E-state index is 6.50. The summed E-state index contributed by atoms with van der Waals surface area (Å²) in [5.74, 6) is 0.851. The second-order valence-electron chi connectivity index (χ2n) is 35.6. The second-order valence-corrected chi connectivity index (χ2v) is 35.6. The van der Waals surface area contributed by atoms with Gasteiger partial charge in [-0.2, -0.15) is 0 Å². The molecule has 0 unspecified atom stereocenters. The molecule has 1 aromatic heterocycles. The summed E-state index contributed by atoms with van der Waals surface area (Å²) in [6.45, 7) is 40.6. The van der Waals surface area contributed by atoms with Crippen LogP contribution in [0, 0.1) is 0 Å². The zero-order valence-electron chi connectivity index (χ0n) is 63.2. The largest absolute Gasteiger partial charge is 0.456 e. The Kier molecular flexibility index (Phi) is 15.7. The van der Waals surface area contributed by atoms with Crippen LogP contribution in [0.3, 0.4) is 0 Å². The van der Waals surface area contributed by atoms with Gasteiger partial charge in [0, 0.05) is 73.4 Å². The Morgan fingerprint density at radius 3 is 1.37 bits per heavy atom. The summed E-state index contributed by atoms with van der Waals surface area (Å²) < 4.78 is 6.50. The van der Waals surface area contributed by atoms with E-state index in [2.05, 4.69) is 368 Å². The van der Waals surface area contributed by atoms with Crippen LogP contribution in [0.4, 0.5) is 68.2 Å². The summed E-state index contributed by atoms with van der Waals surface area (Å²) in [5, 5.41) is 1.09. The molecule has 2 aliphatic heterocycles. The van der Waals surface area contributed by atoms with Gasteiger partial charge in [0.15, 0.2) is 0 Å². The molecule has 0 saturated heterocycles. The van der Waals surface area contributed by atoms with E-state index in [0.29, 0.717) is 0 Å². The molecule has 102 heavy (non-hydrogen) atoms. The molecule has 5 nitrogen and oxygen atoms in total. The maximum atomic E-state index is 6.50. The minimum absolute atomic E-state index is 0.0325. The molecule has 0 N–H and O–H groups in total. The van der Waals surface area contributed by atoms with Gasteiger partial charge < -0.3 is 24.0 Å². The predicted octanol–water partition coefficient (Wildman–Crippen LogP) is 25.4. The molecule has 11 aromatic carbocycles. The van der Waals surface area contributed by atoms with Crippen LogP contribution in [-0.2, 0) is 37.9 Å². The van der Waals surface area contributed by atoms with Gasteiger partial charge in [-0.05, 0) is 252 Å². The van der Waals surface area contributed by atoms with Crippen LogP contribution < -0.4 is 36.0 Å². The van der Waals surface area contributed by atoms with Gasteiger partial charge in [0.25, 0.3) is 6.71 Å². The summed E-state index contributed by atoms with van der Waals surface area (Å²) in [4.78, 5) is 10.4. The number of benzene rings is 11. The van der Waals surface area contributed by atoms with E-state index in [0.717, 1.165) is 99.2 Å². The number of hydrogen-bond donors (Lipinski definition) is 0. The van der Waals surface area contributed by atoms with Crippen molar-refractivity contribution in [3.05, 3.63) is 282 Å². The van der Waals surface area contributed by atoms with Crippen molar-refractivity contribution in [1.29, 1.82) is 0 Å². The van der Waals surface area contributed by atoms with Crippen LogP contribution in [-0.4, -0.2) is 6.71 Å². The van der Waals surface area contributed by atoms with Crippen LogP contribution in [0.5, 0.6) is 0 Å². The maximum Gasteiger partial charge on any atom is 0.252 e. The SMILES string of the molecule is CC(C)(C)c1ccc(N(c2ccc(C(C)(C)C)cc2)c2cc3c4c(c2)N(c2ccc(C(C)(C)C)cc2-c2ccccc2)c2cc(N(c5ccccc5)c5ccc(-c6cc7ccccc7o6)cc5)ccc2B4c2cc4c(cc2N3c2ccc3c(c2)C(C)(C)CCC3(C)C)C(C)(C)CCC4(C)C)cc1. The van der Waals surface area contributed by atoms with E-state index in [4.69, 9.17) is 4.42 Å². The normalized spacial score (nSPS) is 16.2. The van der Waals surface area contributed by atoms with Crippen molar-refractivity contribution in [2.45, 2.75) is 181 Å². The monoisotopic (exact) mass is 1330 g/mol. The number of rotatable bonds is 10. The first-order valence-electron chi connectivity index (χ1n) is 37.3. The van der Waals surface area contributed by atoms with E-state index in [-0.39, 0.29) is 44.6 Å². The summed E-state index contributed by atoms with van der Waals surface area (Å²) >= 11 is 0. The molecule has 0 fully saturated rings. The Morgan fingerprint density at radius 2 is 0.794 bits per heavy atom. The van der Waals surface area contributed by atoms with Gasteiger partial charge in [-0.1, -0.05) is 233 Å². The Hall–Kier alpha value is -9.78. The summed E-state index contributed by atoms with van der Waals surface area (Å²) in [7, 11) is 0. The first kappa shape index (κ1) is 66.8. The van der Waals surface area contributed by atoms with Gasteiger partial charge in [-0.3, -0.25) is 0 Å². The van der Waals surface area contributed by atoms with Gasteiger partial charge in [0.05, 0.1) is 11.4 Å². The molecular formula is C96H99BN4O. The zero-order valence-corrected chi connectivity index (χ0v) is 63.2. The minimum Gasteiger partial charge on any atom is -0.456 e. The van der Waals surface area contributed by atoms with Crippen LogP contribution in [0.15, 0.2) is 247 Å². The van der Waals surface area contributed by atoms with Crippen molar-refractivity contribution in [3.8, 4) is 22.5 Å². The fraction of sp³-hybridized carbons (Fsp3) is 0.292. The highest BCUT2D eigenvalue weighted by Gasteiger charge is 2.48. The molecule has 2 aliphatic carbocycles. The van der Waals surface area contributed by atoms with Crippen molar-refractivity contribution in [2.75, 3.05) is 19.6 Å². The van der Waals surface area contributed by atoms with Gasteiger partial charge in [-0.15, -0.1) is 0 Å². The highest BCUT2D eigenvalue weighted by Crippen LogP contribution is 2.56. The van der Waals surface area contributed by atoms with Crippen LogP contribution in [0.2, 0.25) is 0 Å². The Morgan fingerprint density at radius 1 is 0.333 bits per heavy atom. The quantitative estimate of drug-likeness (QED) is 0.127. The molecule has 16 rings (SSSR count). The van der Waals surface area contributed by atoms with Crippen LogP contribution in [0.25, 0.3) is 33.4 Å². The van der Waals surface area contributed by atoms with Crippen molar-refractivity contribution in [3.63, 3.8) is 0 Å². The molecule has 0 atom stereocenters. The highest BCUT2D eigenvalue weighted by atomic mass is 16.3. The number of para-hydroxylation sites is 2. The third kappa shape index (κ3) is 11.5. The molecule has 3 heterocycles. The molecule has 12 aromatic rings. The van der Waals surface area contributed by atoms with Gasteiger partial charge in [-0.25, -0.2) is 0 Å². The highest BCUT2D eigenvalue weighted by molar-refractivity contribution is 7.00. The van der Waals surface area contributed by atoms with E-state index in [9.17, 15) is 0 Å². The second kappa shape index (κ2) is 23.9. The predicted molar refractivity (Wildman–Crippen MR) is 437 cm³/mol. The zero-order chi connectivity index (χ0) is 71.4. The van der Waals surface area contributed by atoms with E-state index in [1.165, 1.54) is 83.5 Å². The molecule has 0 spiro atoms. The number of hydrogen-bond acceptors (Lipinski definition) is 5. The van der Waals surface area contributed by atoms with Crippen molar-refractivity contribution < 1.29 is 4.42 Å². The number of anilines is 12. The fourth-order valence-corrected chi connectivity index (χ4v) is 17.2. The lowest BCUT2D eigenvalue weighted by molar-refractivity contribution is 0.332. The fourth-order valence-electron chi connectivity index (χ4n) is 17.2. The van der Waals surface area contributed by atoms with E-state index in [1.807, 2.05) is 12.1 Å².